The first kappa shape index (κ1) is 16.9. The minimum Gasteiger partial charge on any atom is -0.379 e. The zero-order chi connectivity index (χ0) is 13.1. The van der Waals surface area contributed by atoms with Gasteiger partial charge in [-0.1, -0.05) is 27.7 Å². The number of nitrogens with zero attached hydrogens (tertiary/aromatic N) is 1. The van der Waals surface area contributed by atoms with Gasteiger partial charge in [-0.3, -0.25) is 0 Å². The van der Waals surface area contributed by atoms with Crippen LogP contribution in [0.2, 0.25) is 0 Å². The van der Waals surface area contributed by atoms with Crippen LogP contribution in [-0.2, 0) is 9.47 Å². The maximum Gasteiger partial charge on any atom is 0.0701 e. The van der Waals surface area contributed by atoms with Crippen molar-refractivity contribution in [3.8, 4) is 0 Å². The number of hydrogen-bond donors (Lipinski definition) is 0. The molecule has 0 aliphatic rings. The maximum atomic E-state index is 5.53. The molecule has 3 nitrogen and oxygen atoms in total. The van der Waals surface area contributed by atoms with Gasteiger partial charge in [0.25, 0.3) is 0 Å². The zero-order valence-corrected chi connectivity index (χ0v) is 12.4. The van der Waals surface area contributed by atoms with Crippen LogP contribution in [0.4, 0.5) is 0 Å². The summed E-state index contributed by atoms with van der Waals surface area (Å²) in [4.78, 5) is 2.31. The Bertz CT molecular complexity index is 160. The standard InChI is InChI=1S/C14H31NO2/c1-13(2)6-8-16-10-11-17-9-7-15(5)12-14(3)4/h13-14H,6-12H2,1-5H3. The van der Waals surface area contributed by atoms with Gasteiger partial charge in [-0.2, -0.15) is 0 Å². The van der Waals surface area contributed by atoms with Crippen LogP contribution in [0.5, 0.6) is 0 Å². The van der Waals surface area contributed by atoms with Crippen molar-refractivity contribution in [3.05, 3.63) is 0 Å². The van der Waals surface area contributed by atoms with E-state index in [0.717, 1.165) is 51.2 Å². The molecule has 0 rings (SSSR count). The molecule has 0 radical (unpaired) electrons. The lowest BCUT2D eigenvalue weighted by atomic mass is 10.1. The van der Waals surface area contributed by atoms with Crippen LogP contribution < -0.4 is 0 Å². The Kier molecular flexibility index (Phi) is 10.9. The van der Waals surface area contributed by atoms with Gasteiger partial charge in [-0.05, 0) is 25.3 Å². The molecule has 0 saturated heterocycles. The monoisotopic (exact) mass is 245 g/mol. The fourth-order valence-corrected chi connectivity index (χ4v) is 1.58. The van der Waals surface area contributed by atoms with E-state index in [-0.39, 0.29) is 0 Å². The predicted molar refractivity (Wildman–Crippen MR) is 73.4 cm³/mol. The molecule has 0 saturated carbocycles. The van der Waals surface area contributed by atoms with Crippen molar-refractivity contribution >= 4 is 0 Å². The van der Waals surface area contributed by atoms with Crippen LogP contribution in [0.1, 0.15) is 34.1 Å². The van der Waals surface area contributed by atoms with Crippen LogP contribution in [0, 0.1) is 11.8 Å². The summed E-state index contributed by atoms with van der Waals surface area (Å²) < 4.78 is 11.0. The highest BCUT2D eigenvalue weighted by molar-refractivity contribution is 4.53. The number of rotatable bonds is 11. The van der Waals surface area contributed by atoms with Crippen molar-refractivity contribution < 1.29 is 9.47 Å². The van der Waals surface area contributed by atoms with E-state index >= 15 is 0 Å². The van der Waals surface area contributed by atoms with Crippen molar-refractivity contribution in [1.29, 1.82) is 0 Å². The van der Waals surface area contributed by atoms with Crippen LogP contribution in [0.3, 0.4) is 0 Å². The summed E-state index contributed by atoms with van der Waals surface area (Å²) in [6, 6.07) is 0. The third-order valence-electron chi connectivity index (χ3n) is 2.51. The molecule has 0 aromatic heterocycles. The molecular weight excluding hydrogens is 214 g/mol. The second-order valence-corrected chi connectivity index (χ2v) is 5.56. The molecule has 0 fully saturated rings. The lowest BCUT2D eigenvalue weighted by molar-refractivity contribution is 0.0369. The highest BCUT2D eigenvalue weighted by Crippen LogP contribution is 1.98. The zero-order valence-electron chi connectivity index (χ0n) is 12.4. The third-order valence-corrected chi connectivity index (χ3v) is 2.51. The highest BCUT2D eigenvalue weighted by atomic mass is 16.5. The van der Waals surface area contributed by atoms with Gasteiger partial charge < -0.3 is 14.4 Å². The molecule has 3 heteroatoms. The van der Waals surface area contributed by atoms with Gasteiger partial charge >= 0.3 is 0 Å². The second kappa shape index (κ2) is 11.0. The van der Waals surface area contributed by atoms with Gasteiger partial charge in [0, 0.05) is 19.7 Å². The van der Waals surface area contributed by atoms with Crippen LogP contribution in [0.25, 0.3) is 0 Å². The van der Waals surface area contributed by atoms with E-state index in [1.54, 1.807) is 0 Å². The summed E-state index contributed by atoms with van der Waals surface area (Å²) in [5.41, 5.74) is 0. The molecule has 0 aliphatic heterocycles. The first-order valence-corrected chi connectivity index (χ1v) is 6.86. The Morgan fingerprint density at radius 3 is 1.94 bits per heavy atom. The fourth-order valence-electron chi connectivity index (χ4n) is 1.58. The number of hydrogen-bond acceptors (Lipinski definition) is 3. The van der Waals surface area contributed by atoms with Gasteiger partial charge in [0.05, 0.1) is 19.8 Å². The molecule has 0 unspecified atom stereocenters. The normalized spacial score (nSPS) is 12.0. The summed E-state index contributed by atoms with van der Waals surface area (Å²) in [6.45, 7) is 14.1. The molecule has 17 heavy (non-hydrogen) atoms. The van der Waals surface area contributed by atoms with E-state index in [1.807, 2.05) is 0 Å². The molecule has 0 spiro atoms. The summed E-state index contributed by atoms with van der Waals surface area (Å²) >= 11 is 0. The van der Waals surface area contributed by atoms with E-state index in [2.05, 4.69) is 39.6 Å². The minimum atomic E-state index is 0.716. The quantitative estimate of drug-likeness (QED) is 0.522. The molecular formula is C14H31NO2. The summed E-state index contributed by atoms with van der Waals surface area (Å²) in [5.74, 6) is 1.44. The molecule has 0 N–H and O–H groups in total. The second-order valence-electron chi connectivity index (χ2n) is 5.56. The van der Waals surface area contributed by atoms with Gasteiger partial charge in [-0.25, -0.2) is 0 Å². The third kappa shape index (κ3) is 13.8. The smallest absolute Gasteiger partial charge is 0.0701 e. The Balaban J connectivity index is 3.13. The summed E-state index contributed by atoms with van der Waals surface area (Å²) in [5, 5.41) is 0. The number of ether oxygens (including phenoxy) is 2. The Morgan fingerprint density at radius 1 is 0.824 bits per heavy atom. The molecule has 0 aromatic carbocycles. The lowest BCUT2D eigenvalue weighted by Crippen LogP contribution is -2.27. The number of likely N-dealkylation sites (N-methyl/N-ethyl adjacent to an activating group) is 1. The Labute approximate surface area is 107 Å². The molecule has 0 heterocycles. The average Bonchev–Trinajstić information content (AvgIpc) is 2.20. The Hall–Kier alpha value is -0.120. The molecule has 0 aliphatic carbocycles. The van der Waals surface area contributed by atoms with Crippen LogP contribution >= 0.6 is 0 Å². The predicted octanol–water partition coefficient (Wildman–Crippen LogP) is 2.65. The van der Waals surface area contributed by atoms with Gasteiger partial charge in [0.15, 0.2) is 0 Å². The largest absolute Gasteiger partial charge is 0.379 e. The van der Waals surface area contributed by atoms with Gasteiger partial charge in [0.1, 0.15) is 0 Å². The van der Waals surface area contributed by atoms with Gasteiger partial charge in [-0.15, -0.1) is 0 Å². The van der Waals surface area contributed by atoms with Gasteiger partial charge in [0.2, 0.25) is 0 Å². The van der Waals surface area contributed by atoms with Crippen molar-refractivity contribution in [2.45, 2.75) is 34.1 Å². The molecule has 0 bridgehead atoms. The van der Waals surface area contributed by atoms with E-state index in [0.29, 0.717) is 6.61 Å². The first-order valence-electron chi connectivity index (χ1n) is 6.86. The maximum absolute atomic E-state index is 5.53. The van der Waals surface area contributed by atoms with E-state index in [4.69, 9.17) is 9.47 Å². The Morgan fingerprint density at radius 2 is 1.41 bits per heavy atom. The van der Waals surface area contributed by atoms with E-state index in [9.17, 15) is 0 Å². The van der Waals surface area contributed by atoms with Crippen molar-refractivity contribution in [1.82, 2.24) is 4.90 Å². The fraction of sp³-hybridized carbons (Fsp3) is 1.00. The van der Waals surface area contributed by atoms with E-state index in [1.165, 1.54) is 0 Å². The summed E-state index contributed by atoms with van der Waals surface area (Å²) in [7, 11) is 2.14. The lowest BCUT2D eigenvalue weighted by Gasteiger charge is -2.18. The molecule has 0 atom stereocenters. The summed E-state index contributed by atoms with van der Waals surface area (Å²) in [6.07, 6.45) is 1.14. The van der Waals surface area contributed by atoms with Crippen molar-refractivity contribution in [2.24, 2.45) is 11.8 Å². The first-order chi connectivity index (χ1) is 8.02. The average molecular weight is 245 g/mol. The topological polar surface area (TPSA) is 21.7 Å². The highest BCUT2D eigenvalue weighted by Gasteiger charge is 2.01. The SMILES string of the molecule is CC(C)CCOCCOCCN(C)CC(C)C. The minimum absolute atomic E-state index is 0.716. The van der Waals surface area contributed by atoms with Crippen molar-refractivity contribution in [2.75, 3.05) is 46.6 Å². The molecule has 0 amide bonds. The van der Waals surface area contributed by atoms with Crippen molar-refractivity contribution in [3.63, 3.8) is 0 Å². The molecule has 104 valence electrons. The van der Waals surface area contributed by atoms with E-state index < -0.39 is 0 Å². The van der Waals surface area contributed by atoms with Crippen LogP contribution in [-0.4, -0.2) is 51.5 Å². The molecule has 0 aromatic rings. The van der Waals surface area contributed by atoms with Crippen LogP contribution in [0.15, 0.2) is 0 Å².